The minimum Gasteiger partial charge on any atom is -0.383 e. The number of allylic oxidation sites excluding steroid dienone is 3. The fourth-order valence-corrected chi connectivity index (χ4v) is 4.88. The lowest BCUT2D eigenvalue weighted by atomic mass is 9.72. The second-order valence-corrected chi connectivity index (χ2v) is 8.34. The van der Waals surface area contributed by atoms with E-state index in [-0.39, 0.29) is 40.1 Å². The number of hydrazine groups is 1. The molecule has 2 N–H and O–H groups in total. The molecule has 0 amide bonds. The van der Waals surface area contributed by atoms with Crippen LogP contribution in [0.1, 0.15) is 35.8 Å². The van der Waals surface area contributed by atoms with E-state index < -0.39 is 11.7 Å². The van der Waals surface area contributed by atoms with Crippen molar-refractivity contribution in [3.8, 4) is 6.07 Å². The SMILES string of the molecule is CN(C)N1C(N)=C(C#N)[C@@H](c2c(F)cccc2Cl)C2=C1C[C@H](c1ccccc1)CC2=O. The van der Waals surface area contributed by atoms with E-state index >= 15 is 0 Å². The van der Waals surface area contributed by atoms with E-state index in [1.165, 1.54) is 12.1 Å². The summed E-state index contributed by atoms with van der Waals surface area (Å²) in [6, 6.07) is 16.3. The number of Topliss-reactive ketones (excluding diaryl/α,β-unsaturated/α-hetero) is 1. The van der Waals surface area contributed by atoms with Crippen molar-refractivity contribution in [1.29, 1.82) is 5.26 Å². The number of halogens is 2. The van der Waals surface area contributed by atoms with Crippen molar-refractivity contribution >= 4 is 17.4 Å². The third kappa shape index (κ3) is 3.50. The fraction of sp³-hybridized carbons (Fsp3) is 0.250. The number of nitriles is 1. The lowest BCUT2D eigenvalue weighted by molar-refractivity contribution is -0.117. The maximum atomic E-state index is 14.9. The highest BCUT2D eigenvalue weighted by molar-refractivity contribution is 6.31. The molecule has 5 nitrogen and oxygen atoms in total. The van der Waals surface area contributed by atoms with Crippen LogP contribution in [0, 0.1) is 17.1 Å². The monoisotopic (exact) mass is 436 g/mol. The molecule has 0 saturated heterocycles. The van der Waals surface area contributed by atoms with Crippen molar-refractivity contribution in [1.82, 2.24) is 10.0 Å². The Kier molecular flexibility index (Phi) is 5.57. The van der Waals surface area contributed by atoms with E-state index in [0.717, 1.165) is 5.56 Å². The number of hydrogen-bond donors (Lipinski definition) is 1. The molecule has 0 aromatic heterocycles. The summed E-state index contributed by atoms with van der Waals surface area (Å²) in [5, 5.41) is 13.5. The van der Waals surface area contributed by atoms with Crippen LogP contribution in [0.25, 0.3) is 0 Å². The average Bonchev–Trinajstić information content (AvgIpc) is 2.73. The Bertz CT molecular complexity index is 1130. The smallest absolute Gasteiger partial charge is 0.162 e. The summed E-state index contributed by atoms with van der Waals surface area (Å²) < 4.78 is 14.9. The number of rotatable bonds is 3. The normalized spacial score (nSPS) is 21.4. The number of nitrogens with zero attached hydrogens (tertiary/aromatic N) is 3. The molecule has 0 unspecified atom stereocenters. The Morgan fingerprint density at radius 1 is 1.16 bits per heavy atom. The molecule has 4 rings (SSSR count). The molecule has 0 bridgehead atoms. The van der Waals surface area contributed by atoms with Gasteiger partial charge in [0.05, 0.1) is 17.6 Å². The van der Waals surface area contributed by atoms with Gasteiger partial charge in [-0.3, -0.25) is 9.80 Å². The third-order valence-electron chi connectivity index (χ3n) is 5.90. The van der Waals surface area contributed by atoms with Crippen LogP contribution in [0.3, 0.4) is 0 Å². The maximum Gasteiger partial charge on any atom is 0.162 e. The van der Waals surface area contributed by atoms with Gasteiger partial charge in [-0.1, -0.05) is 48.0 Å². The molecular weight excluding hydrogens is 415 g/mol. The topological polar surface area (TPSA) is 73.4 Å². The van der Waals surface area contributed by atoms with Gasteiger partial charge in [0, 0.05) is 42.4 Å². The summed E-state index contributed by atoms with van der Waals surface area (Å²) in [4.78, 5) is 13.5. The first-order valence-electron chi connectivity index (χ1n) is 9.97. The highest BCUT2D eigenvalue weighted by Gasteiger charge is 2.44. The molecule has 0 radical (unpaired) electrons. The van der Waals surface area contributed by atoms with Gasteiger partial charge in [-0.05, 0) is 30.0 Å². The minimum atomic E-state index is -0.936. The quantitative estimate of drug-likeness (QED) is 0.769. The van der Waals surface area contributed by atoms with Crippen LogP contribution in [-0.4, -0.2) is 29.9 Å². The Morgan fingerprint density at radius 3 is 2.48 bits per heavy atom. The van der Waals surface area contributed by atoms with Gasteiger partial charge < -0.3 is 5.73 Å². The highest BCUT2D eigenvalue weighted by Crippen LogP contribution is 2.49. The van der Waals surface area contributed by atoms with E-state index in [2.05, 4.69) is 6.07 Å². The van der Waals surface area contributed by atoms with Gasteiger partial charge in [0.1, 0.15) is 11.6 Å². The van der Waals surface area contributed by atoms with E-state index in [1.54, 1.807) is 30.2 Å². The third-order valence-corrected chi connectivity index (χ3v) is 6.23. The first kappa shape index (κ1) is 21.1. The number of hydrogen-bond acceptors (Lipinski definition) is 5. The average molecular weight is 437 g/mol. The summed E-state index contributed by atoms with van der Waals surface area (Å²) in [6.07, 6.45) is 0.802. The predicted octanol–water partition coefficient (Wildman–Crippen LogP) is 4.45. The molecule has 2 atom stereocenters. The first-order valence-corrected chi connectivity index (χ1v) is 10.3. The van der Waals surface area contributed by atoms with Gasteiger partial charge in [-0.2, -0.15) is 5.26 Å². The van der Waals surface area contributed by atoms with Gasteiger partial charge in [-0.15, -0.1) is 0 Å². The van der Waals surface area contributed by atoms with Crippen molar-refractivity contribution in [3.05, 3.63) is 93.2 Å². The Labute approximate surface area is 185 Å². The molecule has 0 saturated carbocycles. The lowest BCUT2D eigenvalue weighted by Crippen LogP contribution is -2.46. The Hall–Kier alpha value is -3.14. The summed E-state index contributed by atoms with van der Waals surface area (Å²) in [6.45, 7) is 0. The highest BCUT2D eigenvalue weighted by atomic mass is 35.5. The second kappa shape index (κ2) is 8.18. The van der Waals surface area contributed by atoms with Crippen molar-refractivity contribution in [2.75, 3.05) is 14.1 Å². The number of nitrogens with two attached hydrogens (primary N) is 1. The van der Waals surface area contributed by atoms with Gasteiger partial charge in [0.2, 0.25) is 0 Å². The maximum absolute atomic E-state index is 14.9. The van der Waals surface area contributed by atoms with Crippen LogP contribution < -0.4 is 5.73 Å². The zero-order chi connectivity index (χ0) is 22.3. The summed E-state index contributed by atoms with van der Waals surface area (Å²) in [7, 11) is 3.58. The van der Waals surface area contributed by atoms with Gasteiger partial charge in [0.25, 0.3) is 0 Å². The standard InChI is InChI=1S/C24H22ClFN4O/c1-29(2)30-19-11-15(14-7-4-3-5-8-14)12-20(31)23(19)21(16(13-27)24(30)28)22-17(25)9-6-10-18(22)26/h3-10,15,21H,11-12,28H2,1-2H3/t15-,21-/m0/s1. The van der Waals surface area contributed by atoms with E-state index in [1.807, 2.05) is 30.3 Å². The second-order valence-electron chi connectivity index (χ2n) is 7.94. The number of carbonyl (C=O) groups excluding carboxylic acids is 1. The van der Waals surface area contributed by atoms with Gasteiger partial charge >= 0.3 is 0 Å². The van der Waals surface area contributed by atoms with Gasteiger partial charge in [0.15, 0.2) is 5.78 Å². The van der Waals surface area contributed by atoms with Crippen LogP contribution in [0.2, 0.25) is 5.02 Å². The zero-order valence-electron chi connectivity index (χ0n) is 17.3. The van der Waals surface area contributed by atoms with E-state index in [9.17, 15) is 14.4 Å². The molecule has 1 aliphatic heterocycles. The van der Waals surface area contributed by atoms with Crippen LogP contribution in [0.4, 0.5) is 4.39 Å². The van der Waals surface area contributed by atoms with Crippen LogP contribution in [-0.2, 0) is 4.79 Å². The predicted molar refractivity (Wildman–Crippen MR) is 117 cm³/mol. The van der Waals surface area contributed by atoms with Crippen LogP contribution in [0.15, 0.2) is 71.2 Å². The summed E-state index contributed by atoms with van der Waals surface area (Å²) in [5.74, 6) is -1.50. The van der Waals surface area contributed by atoms with Crippen molar-refractivity contribution < 1.29 is 9.18 Å². The molecule has 7 heteroatoms. The zero-order valence-corrected chi connectivity index (χ0v) is 18.0. The molecule has 2 aliphatic rings. The largest absolute Gasteiger partial charge is 0.383 e. The van der Waals surface area contributed by atoms with Gasteiger partial charge in [-0.25, -0.2) is 9.40 Å². The van der Waals surface area contributed by atoms with Crippen molar-refractivity contribution in [2.45, 2.75) is 24.7 Å². The molecule has 1 heterocycles. The molecule has 2 aromatic rings. The van der Waals surface area contributed by atoms with E-state index in [4.69, 9.17) is 17.3 Å². The molecule has 31 heavy (non-hydrogen) atoms. The molecular formula is C24H22ClFN4O. The minimum absolute atomic E-state index is 0.0388. The molecule has 1 aliphatic carbocycles. The Balaban J connectivity index is 1.95. The van der Waals surface area contributed by atoms with Crippen LogP contribution >= 0.6 is 11.6 Å². The Morgan fingerprint density at radius 2 is 1.87 bits per heavy atom. The molecule has 2 aromatic carbocycles. The van der Waals surface area contributed by atoms with E-state index in [0.29, 0.717) is 17.7 Å². The lowest BCUT2D eigenvalue weighted by Gasteiger charge is -2.44. The first-order chi connectivity index (χ1) is 14.8. The van der Waals surface area contributed by atoms with Crippen LogP contribution in [0.5, 0.6) is 0 Å². The molecule has 158 valence electrons. The molecule has 0 spiro atoms. The number of benzene rings is 2. The number of ketones is 1. The fourth-order valence-electron chi connectivity index (χ4n) is 4.60. The van der Waals surface area contributed by atoms with Crippen molar-refractivity contribution in [3.63, 3.8) is 0 Å². The number of carbonyl (C=O) groups is 1. The summed E-state index contributed by atoms with van der Waals surface area (Å²) in [5.41, 5.74) is 8.77. The summed E-state index contributed by atoms with van der Waals surface area (Å²) >= 11 is 6.36. The molecule has 0 fully saturated rings. The van der Waals surface area contributed by atoms with Crippen molar-refractivity contribution in [2.24, 2.45) is 5.73 Å².